The highest BCUT2D eigenvalue weighted by atomic mass is 32.1. The standard InChI is InChI=1S/C17H24N4OS/c1-13(14(2)21-10-5-8-19-21)18-12-17(22)20-9-3-6-15(20)16-7-4-11-23-16/h4-5,7-8,10-11,13-15,18H,3,6,9,12H2,1-2H3/t13-,14+,15-/m0/s1. The largest absolute Gasteiger partial charge is 0.334 e. The summed E-state index contributed by atoms with van der Waals surface area (Å²) < 4.78 is 1.92. The first-order chi connectivity index (χ1) is 11.2. The molecule has 0 aromatic carbocycles. The average molecular weight is 332 g/mol. The molecule has 0 aliphatic carbocycles. The maximum atomic E-state index is 12.6. The van der Waals surface area contributed by atoms with Crippen LogP contribution in [0.15, 0.2) is 36.0 Å². The molecule has 3 heterocycles. The van der Waals surface area contributed by atoms with Gasteiger partial charge in [-0.3, -0.25) is 9.48 Å². The highest BCUT2D eigenvalue weighted by Crippen LogP contribution is 2.34. The number of likely N-dealkylation sites (tertiary alicyclic amines) is 1. The van der Waals surface area contributed by atoms with Crippen LogP contribution >= 0.6 is 11.3 Å². The lowest BCUT2D eigenvalue weighted by molar-refractivity contribution is -0.131. The summed E-state index contributed by atoms with van der Waals surface area (Å²) in [6.07, 6.45) is 5.90. The lowest BCUT2D eigenvalue weighted by Crippen LogP contribution is -2.42. The number of nitrogens with one attached hydrogen (secondary N) is 1. The summed E-state index contributed by atoms with van der Waals surface area (Å²) in [4.78, 5) is 15.9. The molecule has 0 saturated carbocycles. The number of hydrogen-bond acceptors (Lipinski definition) is 4. The van der Waals surface area contributed by atoms with Crippen LogP contribution in [0.5, 0.6) is 0 Å². The van der Waals surface area contributed by atoms with E-state index in [9.17, 15) is 4.79 Å². The molecular formula is C17H24N4OS. The third-order valence-corrected chi connectivity index (χ3v) is 5.66. The Labute approximate surface area is 141 Å². The minimum absolute atomic E-state index is 0.182. The van der Waals surface area contributed by atoms with Gasteiger partial charge in [0, 0.05) is 29.9 Å². The first kappa shape index (κ1) is 16.2. The second-order valence-corrected chi connectivity index (χ2v) is 7.14. The lowest BCUT2D eigenvalue weighted by Gasteiger charge is -2.26. The molecule has 0 unspecified atom stereocenters. The lowest BCUT2D eigenvalue weighted by atomic mass is 10.1. The fourth-order valence-corrected chi connectivity index (χ4v) is 3.99. The van der Waals surface area contributed by atoms with E-state index in [4.69, 9.17) is 0 Å². The molecule has 0 bridgehead atoms. The highest BCUT2D eigenvalue weighted by Gasteiger charge is 2.30. The third kappa shape index (κ3) is 3.64. The van der Waals surface area contributed by atoms with Crippen LogP contribution in [0.3, 0.4) is 0 Å². The summed E-state index contributed by atoms with van der Waals surface area (Å²) in [7, 11) is 0. The van der Waals surface area contributed by atoms with Gasteiger partial charge in [-0.1, -0.05) is 6.07 Å². The normalized spacial score (nSPS) is 20.6. The zero-order valence-electron chi connectivity index (χ0n) is 13.7. The Morgan fingerprint density at radius 3 is 3.04 bits per heavy atom. The number of thiophene rings is 1. The molecule has 1 N–H and O–H groups in total. The molecule has 1 saturated heterocycles. The molecule has 1 aliphatic heterocycles. The van der Waals surface area contributed by atoms with Gasteiger partial charge in [0.25, 0.3) is 0 Å². The SMILES string of the molecule is C[C@H](NCC(=O)N1CCC[C@H]1c1cccs1)[C@@H](C)n1cccn1. The fourth-order valence-electron chi connectivity index (χ4n) is 3.11. The maximum absolute atomic E-state index is 12.6. The quantitative estimate of drug-likeness (QED) is 0.885. The van der Waals surface area contributed by atoms with Crippen LogP contribution in [-0.2, 0) is 4.79 Å². The predicted molar refractivity (Wildman–Crippen MR) is 92.4 cm³/mol. The van der Waals surface area contributed by atoms with E-state index in [1.807, 2.05) is 21.8 Å². The Balaban J connectivity index is 1.54. The Bertz CT molecular complexity index is 611. The molecule has 1 aliphatic rings. The number of nitrogens with zero attached hydrogens (tertiary/aromatic N) is 3. The van der Waals surface area contributed by atoms with E-state index in [0.29, 0.717) is 6.54 Å². The molecule has 2 aromatic rings. The van der Waals surface area contributed by atoms with Crippen LogP contribution < -0.4 is 5.32 Å². The second kappa shape index (κ2) is 7.27. The summed E-state index contributed by atoms with van der Waals surface area (Å²) in [6.45, 7) is 5.46. The van der Waals surface area contributed by atoms with E-state index >= 15 is 0 Å². The first-order valence-electron chi connectivity index (χ1n) is 8.22. The molecule has 2 aromatic heterocycles. The fraction of sp³-hybridized carbons (Fsp3) is 0.529. The molecule has 5 nitrogen and oxygen atoms in total. The van der Waals surface area contributed by atoms with Gasteiger partial charge < -0.3 is 10.2 Å². The van der Waals surface area contributed by atoms with Gasteiger partial charge in [0.2, 0.25) is 5.91 Å². The van der Waals surface area contributed by atoms with Gasteiger partial charge in [0.05, 0.1) is 18.6 Å². The third-order valence-electron chi connectivity index (χ3n) is 4.69. The van der Waals surface area contributed by atoms with Crippen LogP contribution in [0.25, 0.3) is 0 Å². The monoisotopic (exact) mass is 332 g/mol. The van der Waals surface area contributed by atoms with Crippen molar-refractivity contribution in [2.24, 2.45) is 0 Å². The van der Waals surface area contributed by atoms with E-state index in [-0.39, 0.29) is 24.0 Å². The van der Waals surface area contributed by atoms with Gasteiger partial charge in [-0.2, -0.15) is 5.10 Å². The number of rotatable bonds is 6. The zero-order valence-corrected chi connectivity index (χ0v) is 14.5. The highest BCUT2D eigenvalue weighted by molar-refractivity contribution is 7.10. The number of amides is 1. The number of aromatic nitrogens is 2. The molecule has 0 radical (unpaired) electrons. The molecule has 23 heavy (non-hydrogen) atoms. The Kier molecular flexibility index (Phi) is 5.13. The Morgan fingerprint density at radius 1 is 1.48 bits per heavy atom. The van der Waals surface area contributed by atoms with Crippen molar-refractivity contribution >= 4 is 17.2 Å². The average Bonchev–Trinajstić information content (AvgIpc) is 3.32. The van der Waals surface area contributed by atoms with Gasteiger partial charge in [-0.05, 0) is 44.2 Å². The van der Waals surface area contributed by atoms with Crippen molar-refractivity contribution in [2.45, 2.75) is 44.8 Å². The maximum Gasteiger partial charge on any atom is 0.237 e. The Hall–Kier alpha value is -1.66. The van der Waals surface area contributed by atoms with Crippen molar-refractivity contribution in [1.29, 1.82) is 0 Å². The summed E-state index contributed by atoms with van der Waals surface area (Å²) in [5, 5.41) is 9.72. The van der Waals surface area contributed by atoms with E-state index in [0.717, 1.165) is 19.4 Å². The van der Waals surface area contributed by atoms with E-state index in [1.165, 1.54) is 4.88 Å². The van der Waals surface area contributed by atoms with Gasteiger partial charge in [-0.25, -0.2) is 0 Å². The van der Waals surface area contributed by atoms with Crippen LogP contribution in [0, 0.1) is 0 Å². The molecule has 1 amide bonds. The summed E-state index contributed by atoms with van der Waals surface area (Å²) in [5.74, 6) is 0.195. The molecule has 3 rings (SSSR count). The number of carbonyl (C=O) groups excluding carboxylic acids is 1. The number of hydrogen-bond donors (Lipinski definition) is 1. The van der Waals surface area contributed by atoms with Crippen molar-refractivity contribution < 1.29 is 4.79 Å². The van der Waals surface area contributed by atoms with Crippen molar-refractivity contribution in [1.82, 2.24) is 20.0 Å². The number of carbonyl (C=O) groups is 1. The Morgan fingerprint density at radius 2 is 2.35 bits per heavy atom. The summed E-state index contributed by atoms with van der Waals surface area (Å²) in [6, 6.07) is 6.78. The summed E-state index contributed by atoms with van der Waals surface area (Å²) in [5.41, 5.74) is 0. The van der Waals surface area contributed by atoms with Gasteiger partial charge >= 0.3 is 0 Å². The van der Waals surface area contributed by atoms with Gasteiger partial charge in [-0.15, -0.1) is 11.3 Å². The minimum Gasteiger partial charge on any atom is -0.334 e. The van der Waals surface area contributed by atoms with Gasteiger partial charge in [0.1, 0.15) is 0 Å². The molecule has 1 fully saturated rings. The molecule has 0 spiro atoms. The molecular weight excluding hydrogens is 308 g/mol. The van der Waals surface area contributed by atoms with Crippen molar-refractivity contribution in [3.05, 3.63) is 40.8 Å². The minimum atomic E-state index is 0.182. The van der Waals surface area contributed by atoms with E-state index < -0.39 is 0 Å². The molecule has 3 atom stereocenters. The van der Waals surface area contributed by atoms with Crippen LogP contribution in [0.1, 0.15) is 43.6 Å². The van der Waals surface area contributed by atoms with Crippen LogP contribution in [0.4, 0.5) is 0 Å². The zero-order chi connectivity index (χ0) is 16.2. The second-order valence-electron chi connectivity index (χ2n) is 6.16. The van der Waals surface area contributed by atoms with Crippen LogP contribution in [-0.4, -0.2) is 39.7 Å². The van der Waals surface area contributed by atoms with Crippen molar-refractivity contribution in [2.75, 3.05) is 13.1 Å². The topological polar surface area (TPSA) is 50.2 Å². The van der Waals surface area contributed by atoms with Crippen molar-refractivity contribution in [3.63, 3.8) is 0 Å². The smallest absolute Gasteiger partial charge is 0.237 e. The van der Waals surface area contributed by atoms with E-state index in [2.05, 4.69) is 41.8 Å². The van der Waals surface area contributed by atoms with Gasteiger partial charge in [0.15, 0.2) is 0 Å². The summed E-state index contributed by atoms with van der Waals surface area (Å²) >= 11 is 1.74. The molecule has 6 heteroatoms. The van der Waals surface area contributed by atoms with E-state index in [1.54, 1.807) is 17.5 Å². The van der Waals surface area contributed by atoms with Crippen LogP contribution in [0.2, 0.25) is 0 Å². The molecule has 124 valence electrons. The van der Waals surface area contributed by atoms with Crippen molar-refractivity contribution in [3.8, 4) is 0 Å². The predicted octanol–water partition coefficient (Wildman–Crippen LogP) is 2.85. The first-order valence-corrected chi connectivity index (χ1v) is 9.10.